The lowest BCUT2D eigenvalue weighted by Gasteiger charge is -2.25. The van der Waals surface area contributed by atoms with Crippen LogP contribution in [0.4, 0.5) is 0 Å². The van der Waals surface area contributed by atoms with Crippen LogP contribution in [0.15, 0.2) is 29.2 Å². The molecule has 2 aromatic rings. The predicted molar refractivity (Wildman–Crippen MR) is 105 cm³/mol. The van der Waals surface area contributed by atoms with Crippen molar-refractivity contribution in [2.45, 2.75) is 31.8 Å². The van der Waals surface area contributed by atoms with Crippen molar-refractivity contribution in [2.75, 3.05) is 6.61 Å². The lowest BCUT2D eigenvalue weighted by Crippen LogP contribution is -2.22. The van der Waals surface area contributed by atoms with Crippen LogP contribution in [0.25, 0.3) is 0 Å². The van der Waals surface area contributed by atoms with E-state index in [1.165, 1.54) is 10.8 Å². The third kappa shape index (κ3) is 4.37. The molecule has 2 aliphatic heterocycles. The maximum Gasteiger partial charge on any atom is 0.530 e. The summed E-state index contributed by atoms with van der Waals surface area (Å²) < 4.78 is 36.3. The molecule has 1 fully saturated rings. The SMILES string of the molecule is O=Cc1cn(C2CCC(COP3(=O)OCc4cc(Cl)ccc4O3)O2)c(=S)[nH]c1=O. The highest BCUT2D eigenvalue weighted by molar-refractivity contribution is 7.71. The van der Waals surface area contributed by atoms with Gasteiger partial charge in [-0.2, -0.15) is 0 Å². The number of aromatic amines is 1. The van der Waals surface area contributed by atoms with Gasteiger partial charge in [0.2, 0.25) is 0 Å². The van der Waals surface area contributed by atoms with Gasteiger partial charge in [-0.15, -0.1) is 0 Å². The molecular weight excluding hydrogens is 443 g/mol. The van der Waals surface area contributed by atoms with Crippen LogP contribution in [0, 0.1) is 4.77 Å². The number of H-pyrrole nitrogens is 1. The average molecular weight is 459 g/mol. The number of fused-ring (bicyclic) bond motifs is 1. The molecule has 3 atom stereocenters. The number of ether oxygens (including phenoxy) is 1. The van der Waals surface area contributed by atoms with Gasteiger partial charge in [0, 0.05) is 16.8 Å². The van der Waals surface area contributed by atoms with Gasteiger partial charge in [-0.05, 0) is 43.3 Å². The summed E-state index contributed by atoms with van der Waals surface area (Å²) in [6, 6.07) is 4.91. The lowest BCUT2D eigenvalue weighted by atomic mass is 10.2. The normalized spacial score (nSPS) is 26.0. The van der Waals surface area contributed by atoms with Gasteiger partial charge in [0.1, 0.15) is 12.0 Å². The molecule has 2 aliphatic rings. The van der Waals surface area contributed by atoms with Gasteiger partial charge < -0.3 is 9.26 Å². The fourth-order valence-corrected chi connectivity index (χ4v) is 4.80. The van der Waals surface area contributed by atoms with E-state index in [0.717, 1.165) is 0 Å². The van der Waals surface area contributed by atoms with Crippen LogP contribution in [0.2, 0.25) is 5.02 Å². The summed E-state index contributed by atoms with van der Waals surface area (Å²) in [6.45, 7) is 0.0379. The standard InChI is InChI=1S/C17H16ClN2O7PS/c18-12-1-3-14-10(5-12)8-24-28(23,27-14)25-9-13-2-4-15(26-13)20-6-11(7-21)16(22)19-17(20)29/h1,3,5-7,13,15H,2,4,8-9H2,(H,19,22,29). The van der Waals surface area contributed by atoms with Gasteiger partial charge >= 0.3 is 7.82 Å². The quantitative estimate of drug-likeness (QED) is 0.409. The average Bonchev–Trinajstić information content (AvgIpc) is 3.16. The van der Waals surface area contributed by atoms with Crippen LogP contribution in [0.3, 0.4) is 0 Å². The van der Waals surface area contributed by atoms with Crippen LogP contribution in [-0.2, 0) is 25.0 Å². The Hall–Kier alpha value is -1.81. The third-order valence-electron chi connectivity index (χ3n) is 4.55. The number of aromatic nitrogens is 2. The minimum atomic E-state index is -3.78. The summed E-state index contributed by atoms with van der Waals surface area (Å²) in [4.78, 5) is 25.1. The van der Waals surface area contributed by atoms with Crippen LogP contribution < -0.4 is 10.1 Å². The van der Waals surface area contributed by atoms with Gasteiger partial charge in [-0.25, -0.2) is 4.57 Å². The summed E-state index contributed by atoms with van der Waals surface area (Å²) in [5, 5.41) is 0.526. The second-order valence-electron chi connectivity index (χ2n) is 6.52. The number of halogens is 1. The number of carbonyl (C=O) groups is 1. The van der Waals surface area contributed by atoms with Gasteiger partial charge in [0.05, 0.1) is 24.9 Å². The highest BCUT2D eigenvalue weighted by Gasteiger charge is 2.37. The molecular formula is C17H16ClN2O7PS. The zero-order valence-electron chi connectivity index (χ0n) is 14.9. The van der Waals surface area contributed by atoms with E-state index < -0.39 is 25.7 Å². The molecule has 12 heteroatoms. The first-order chi connectivity index (χ1) is 13.9. The molecule has 29 heavy (non-hydrogen) atoms. The van der Waals surface area contributed by atoms with Crippen LogP contribution in [-0.4, -0.2) is 28.5 Å². The zero-order chi connectivity index (χ0) is 20.6. The van der Waals surface area contributed by atoms with E-state index in [4.69, 9.17) is 42.1 Å². The molecule has 0 amide bonds. The number of hydrogen-bond donors (Lipinski definition) is 1. The number of aldehydes is 1. The van der Waals surface area contributed by atoms with E-state index in [2.05, 4.69) is 4.98 Å². The molecule has 9 nitrogen and oxygen atoms in total. The van der Waals surface area contributed by atoms with Crippen molar-refractivity contribution < 1.29 is 27.7 Å². The Bertz CT molecular complexity index is 1120. The number of benzene rings is 1. The van der Waals surface area contributed by atoms with E-state index in [1.807, 2.05) is 0 Å². The Morgan fingerprint density at radius 1 is 1.41 bits per heavy atom. The van der Waals surface area contributed by atoms with Crippen molar-refractivity contribution >= 4 is 37.9 Å². The second-order valence-corrected chi connectivity index (χ2v) is 8.94. The van der Waals surface area contributed by atoms with Gasteiger partial charge in [0.15, 0.2) is 11.1 Å². The van der Waals surface area contributed by atoms with Gasteiger partial charge in [0.25, 0.3) is 5.56 Å². The number of carbonyl (C=O) groups excluding carboxylic acids is 1. The maximum absolute atomic E-state index is 12.7. The van der Waals surface area contributed by atoms with Gasteiger partial charge in [-0.1, -0.05) is 11.6 Å². The van der Waals surface area contributed by atoms with E-state index >= 15 is 0 Å². The van der Waals surface area contributed by atoms with Crippen molar-refractivity contribution in [3.05, 3.63) is 55.7 Å². The van der Waals surface area contributed by atoms with Crippen LogP contribution in [0.1, 0.15) is 35.0 Å². The Morgan fingerprint density at radius 3 is 3.03 bits per heavy atom. The molecule has 1 aromatic carbocycles. The number of nitrogens with one attached hydrogen (secondary N) is 1. The van der Waals surface area contributed by atoms with Crippen molar-refractivity contribution in [2.24, 2.45) is 0 Å². The Morgan fingerprint density at radius 2 is 2.24 bits per heavy atom. The monoisotopic (exact) mass is 458 g/mol. The molecule has 0 spiro atoms. The highest BCUT2D eigenvalue weighted by Crippen LogP contribution is 2.55. The Labute approximate surface area is 175 Å². The number of phosphoric acid groups is 1. The van der Waals surface area contributed by atoms with Gasteiger partial charge in [-0.3, -0.25) is 28.2 Å². The summed E-state index contributed by atoms with van der Waals surface area (Å²) in [5.74, 6) is 0.398. The Kier molecular flexibility index (Phi) is 5.74. The first-order valence-corrected chi connectivity index (χ1v) is 10.9. The Balaban J connectivity index is 1.39. The lowest BCUT2D eigenvalue weighted by molar-refractivity contribution is -0.0256. The fraction of sp³-hybridized carbons (Fsp3) is 0.353. The largest absolute Gasteiger partial charge is 0.530 e. The van der Waals surface area contributed by atoms with Crippen molar-refractivity contribution in [3.63, 3.8) is 0 Å². The molecule has 4 rings (SSSR count). The minimum absolute atomic E-state index is 0.0199. The molecule has 3 heterocycles. The van der Waals surface area contributed by atoms with E-state index in [0.29, 0.717) is 35.5 Å². The van der Waals surface area contributed by atoms with E-state index in [9.17, 15) is 14.2 Å². The van der Waals surface area contributed by atoms with Crippen LogP contribution >= 0.6 is 31.6 Å². The number of phosphoric ester groups is 1. The number of rotatable bonds is 5. The summed E-state index contributed by atoms with van der Waals surface area (Å²) in [7, 11) is -3.78. The highest BCUT2D eigenvalue weighted by atomic mass is 35.5. The molecule has 1 aromatic heterocycles. The van der Waals surface area contributed by atoms with E-state index in [-0.39, 0.29) is 23.5 Å². The topological polar surface area (TPSA) is 109 Å². The second kappa shape index (κ2) is 8.14. The number of hydrogen-bond acceptors (Lipinski definition) is 8. The molecule has 154 valence electrons. The fourth-order valence-electron chi connectivity index (χ4n) is 3.10. The summed E-state index contributed by atoms with van der Waals surface area (Å²) in [5.41, 5.74) is 0.0858. The first-order valence-electron chi connectivity index (χ1n) is 8.70. The smallest absolute Gasteiger partial charge is 0.404 e. The molecule has 0 saturated carbocycles. The van der Waals surface area contributed by atoms with Crippen molar-refractivity contribution in [1.82, 2.24) is 9.55 Å². The predicted octanol–water partition coefficient (Wildman–Crippen LogP) is 3.78. The molecule has 0 bridgehead atoms. The molecule has 1 saturated heterocycles. The molecule has 1 N–H and O–H groups in total. The third-order valence-corrected chi connectivity index (χ3v) is 6.43. The minimum Gasteiger partial charge on any atom is -0.404 e. The maximum atomic E-state index is 12.7. The van der Waals surface area contributed by atoms with Crippen molar-refractivity contribution in [3.8, 4) is 5.75 Å². The molecule has 0 radical (unpaired) electrons. The summed E-state index contributed by atoms with van der Waals surface area (Å²) in [6.07, 6.45) is 2.10. The molecule has 3 unspecified atom stereocenters. The van der Waals surface area contributed by atoms with Crippen LogP contribution in [0.5, 0.6) is 5.75 Å². The first kappa shape index (κ1) is 20.5. The van der Waals surface area contributed by atoms with Crippen molar-refractivity contribution in [1.29, 1.82) is 0 Å². The van der Waals surface area contributed by atoms with E-state index in [1.54, 1.807) is 18.2 Å². The molecule has 0 aliphatic carbocycles. The zero-order valence-corrected chi connectivity index (χ0v) is 17.4. The summed E-state index contributed by atoms with van der Waals surface area (Å²) >= 11 is 11.1. The number of nitrogens with zero attached hydrogens (tertiary/aromatic N) is 1.